The van der Waals surface area contributed by atoms with E-state index in [1.807, 2.05) is 54.6 Å². The van der Waals surface area contributed by atoms with Crippen molar-refractivity contribution in [3.8, 4) is 23.0 Å². The molecule has 0 fully saturated rings. The Morgan fingerprint density at radius 1 is 0.839 bits per heavy atom. The molecule has 5 heteroatoms. The van der Waals surface area contributed by atoms with Gasteiger partial charge in [-0.05, 0) is 23.8 Å². The van der Waals surface area contributed by atoms with Gasteiger partial charge in [0.15, 0.2) is 11.2 Å². The number of rotatable bonds is 5. The van der Waals surface area contributed by atoms with Crippen molar-refractivity contribution in [1.29, 1.82) is 0 Å². The summed E-state index contributed by atoms with van der Waals surface area (Å²) in [6, 6.07) is 21.3. The summed E-state index contributed by atoms with van der Waals surface area (Å²) in [6.07, 6.45) is 3.85. The molecule has 0 unspecified atom stereocenters. The van der Waals surface area contributed by atoms with E-state index in [1.54, 1.807) is 33.5 Å². The Kier molecular flexibility index (Phi) is 4.45. The summed E-state index contributed by atoms with van der Waals surface area (Å²) in [7, 11) is 4.81. The highest BCUT2D eigenvalue weighted by Gasteiger charge is 2.67. The Bertz CT molecular complexity index is 1140. The number of benzene rings is 3. The molecule has 3 atom stereocenters. The quantitative estimate of drug-likeness (QED) is 0.619. The van der Waals surface area contributed by atoms with Crippen LogP contribution in [0.25, 0.3) is 0 Å². The summed E-state index contributed by atoms with van der Waals surface area (Å²) in [5, 5.41) is 12.3. The lowest BCUT2D eigenvalue weighted by atomic mass is 9.70. The van der Waals surface area contributed by atoms with Crippen molar-refractivity contribution in [2.75, 3.05) is 21.3 Å². The summed E-state index contributed by atoms with van der Waals surface area (Å²) < 4.78 is 23.2. The molecule has 3 aromatic carbocycles. The van der Waals surface area contributed by atoms with Gasteiger partial charge in [0, 0.05) is 23.6 Å². The number of ether oxygens (including phenoxy) is 4. The predicted molar refractivity (Wildman–Crippen MR) is 117 cm³/mol. The number of hydrogen-bond acceptors (Lipinski definition) is 5. The maximum Gasteiger partial charge on any atom is 0.181 e. The summed E-state index contributed by atoms with van der Waals surface area (Å²) >= 11 is 0. The van der Waals surface area contributed by atoms with Gasteiger partial charge in [-0.1, -0.05) is 48.5 Å². The fraction of sp³-hybridized carbons (Fsp3) is 0.231. The number of methoxy groups -OCH3 is 3. The van der Waals surface area contributed by atoms with Gasteiger partial charge in [-0.3, -0.25) is 0 Å². The lowest BCUT2D eigenvalue weighted by Crippen LogP contribution is -2.48. The van der Waals surface area contributed by atoms with Gasteiger partial charge in [-0.2, -0.15) is 0 Å². The number of aliphatic hydroxyl groups is 1. The molecule has 0 bridgehead atoms. The third kappa shape index (κ3) is 2.60. The summed E-state index contributed by atoms with van der Waals surface area (Å²) in [6.45, 7) is 0. The maximum atomic E-state index is 12.3. The Hall–Kier alpha value is -3.44. The highest BCUT2D eigenvalue weighted by atomic mass is 16.5. The van der Waals surface area contributed by atoms with Crippen LogP contribution in [0, 0.1) is 0 Å². The van der Waals surface area contributed by atoms with Crippen LogP contribution >= 0.6 is 0 Å². The molecule has 0 amide bonds. The van der Waals surface area contributed by atoms with E-state index < -0.39 is 11.2 Å². The van der Waals surface area contributed by atoms with E-state index in [-0.39, 0.29) is 5.92 Å². The van der Waals surface area contributed by atoms with Gasteiger partial charge in [-0.25, -0.2) is 0 Å². The smallest absolute Gasteiger partial charge is 0.181 e. The first kappa shape index (κ1) is 19.5. The Labute approximate surface area is 181 Å². The largest absolute Gasteiger partial charge is 0.497 e. The van der Waals surface area contributed by atoms with Crippen LogP contribution in [-0.4, -0.2) is 26.4 Å². The SMILES string of the molecule is COc1ccc([C@]23Oc4cc(OC)cc(OC)c4[C@@]2(O)C=C[C@@H]3c2ccccc2)cc1. The minimum atomic E-state index is -1.44. The molecular formula is C26H24O5. The van der Waals surface area contributed by atoms with E-state index in [0.717, 1.165) is 16.9 Å². The Morgan fingerprint density at radius 3 is 2.19 bits per heavy atom. The maximum absolute atomic E-state index is 12.3. The zero-order valence-corrected chi connectivity index (χ0v) is 17.7. The van der Waals surface area contributed by atoms with Crippen LogP contribution in [0.15, 0.2) is 78.9 Å². The molecule has 158 valence electrons. The first-order valence-corrected chi connectivity index (χ1v) is 10.1. The summed E-state index contributed by atoms with van der Waals surface area (Å²) in [5.41, 5.74) is -0.0603. The van der Waals surface area contributed by atoms with Gasteiger partial charge >= 0.3 is 0 Å². The third-order valence-corrected chi connectivity index (χ3v) is 6.36. The van der Waals surface area contributed by atoms with Gasteiger partial charge in [0.2, 0.25) is 0 Å². The monoisotopic (exact) mass is 416 g/mol. The topological polar surface area (TPSA) is 57.2 Å². The third-order valence-electron chi connectivity index (χ3n) is 6.36. The van der Waals surface area contributed by atoms with E-state index in [0.29, 0.717) is 22.8 Å². The zero-order valence-electron chi connectivity index (χ0n) is 17.7. The minimum absolute atomic E-state index is 0.227. The zero-order chi connectivity index (χ0) is 21.6. The van der Waals surface area contributed by atoms with Crippen molar-refractivity contribution in [3.05, 3.63) is 95.6 Å². The molecular weight excluding hydrogens is 392 g/mol. The highest BCUT2D eigenvalue weighted by Crippen LogP contribution is 2.65. The van der Waals surface area contributed by atoms with E-state index in [1.165, 1.54) is 0 Å². The van der Waals surface area contributed by atoms with Gasteiger partial charge in [-0.15, -0.1) is 0 Å². The number of fused-ring (bicyclic) bond motifs is 3. The second kappa shape index (κ2) is 7.06. The molecule has 5 rings (SSSR count). The molecule has 31 heavy (non-hydrogen) atoms. The van der Waals surface area contributed by atoms with Crippen LogP contribution in [0.2, 0.25) is 0 Å². The summed E-state index contributed by atoms with van der Waals surface area (Å²) in [5.74, 6) is 2.17. The number of hydrogen-bond donors (Lipinski definition) is 1. The van der Waals surface area contributed by atoms with E-state index in [4.69, 9.17) is 18.9 Å². The van der Waals surface area contributed by atoms with Crippen LogP contribution in [0.4, 0.5) is 0 Å². The molecule has 1 aliphatic carbocycles. The molecule has 0 aromatic heterocycles. The van der Waals surface area contributed by atoms with Crippen LogP contribution in [-0.2, 0) is 11.2 Å². The molecule has 0 saturated heterocycles. The minimum Gasteiger partial charge on any atom is -0.497 e. The van der Waals surface area contributed by atoms with Crippen LogP contribution in [0.3, 0.4) is 0 Å². The first-order chi connectivity index (χ1) is 15.1. The lowest BCUT2D eigenvalue weighted by Gasteiger charge is -2.40. The van der Waals surface area contributed by atoms with Gasteiger partial charge in [0.25, 0.3) is 0 Å². The highest BCUT2D eigenvalue weighted by molar-refractivity contribution is 5.64. The molecule has 1 N–H and O–H groups in total. The molecule has 3 aromatic rings. The average Bonchev–Trinajstić information content (AvgIpc) is 3.26. The average molecular weight is 416 g/mol. The fourth-order valence-electron chi connectivity index (χ4n) is 4.92. The molecule has 0 radical (unpaired) electrons. The molecule has 2 aliphatic rings. The molecule has 5 nitrogen and oxygen atoms in total. The molecule has 1 aliphatic heterocycles. The molecule has 0 spiro atoms. The van der Waals surface area contributed by atoms with Crippen molar-refractivity contribution >= 4 is 0 Å². The second-order valence-corrected chi connectivity index (χ2v) is 7.78. The Morgan fingerprint density at radius 2 is 1.55 bits per heavy atom. The van der Waals surface area contributed by atoms with Crippen LogP contribution in [0.1, 0.15) is 22.6 Å². The predicted octanol–water partition coefficient (Wildman–Crippen LogP) is 4.54. The van der Waals surface area contributed by atoms with Crippen molar-refractivity contribution in [1.82, 2.24) is 0 Å². The van der Waals surface area contributed by atoms with Gasteiger partial charge in [0.1, 0.15) is 23.0 Å². The van der Waals surface area contributed by atoms with Crippen molar-refractivity contribution < 1.29 is 24.1 Å². The van der Waals surface area contributed by atoms with Gasteiger partial charge < -0.3 is 24.1 Å². The Balaban J connectivity index is 1.78. The summed E-state index contributed by atoms with van der Waals surface area (Å²) in [4.78, 5) is 0. The van der Waals surface area contributed by atoms with Crippen molar-refractivity contribution in [3.63, 3.8) is 0 Å². The van der Waals surface area contributed by atoms with Crippen molar-refractivity contribution in [2.45, 2.75) is 17.1 Å². The first-order valence-electron chi connectivity index (χ1n) is 10.1. The van der Waals surface area contributed by atoms with Crippen LogP contribution in [0.5, 0.6) is 23.0 Å². The van der Waals surface area contributed by atoms with Crippen LogP contribution < -0.4 is 18.9 Å². The van der Waals surface area contributed by atoms with E-state index in [2.05, 4.69) is 12.1 Å². The van der Waals surface area contributed by atoms with E-state index >= 15 is 0 Å². The molecule has 0 saturated carbocycles. The van der Waals surface area contributed by atoms with E-state index in [9.17, 15) is 5.11 Å². The normalized spacial score (nSPS) is 25.5. The second-order valence-electron chi connectivity index (χ2n) is 7.78. The fourth-order valence-corrected chi connectivity index (χ4v) is 4.92. The standard InChI is InChI=1S/C26H24O5/c1-28-19-11-9-18(10-12-19)26-21(17-7-5-4-6-8-17)13-14-25(26,27)24-22(30-3)15-20(29-2)16-23(24)31-26/h4-16,21,27H,1-3H3/t21-,25+,26-/m1/s1. The van der Waals surface area contributed by atoms with Gasteiger partial charge in [0.05, 0.1) is 26.9 Å². The lowest BCUT2D eigenvalue weighted by molar-refractivity contribution is -0.0867. The molecule has 1 heterocycles. The van der Waals surface area contributed by atoms with Crippen molar-refractivity contribution in [2.24, 2.45) is 0 Å².